The molecule has 5 heteroatoms. The summed E-state index contributed by atoms with van der Waals surface area (Å²) in [6.07, 6.45) is -0.417. The number of aliphatic carboxylic acids is 1. The molecular weight excluding hydrogens is 224 g/mol. The first-order chi connectivity index (χ1) is 8.05. The van der Waals surface area contributed by atoms with Gasteiger partial charge in [-0.2, -0.15) is 0 Å². The van der Waals surface area contributed by atoms with Crippen molar-refractivity contribution in [3.05, 3.63) is 23.8 Å². The van der Waals surface area contributed by atoms with E-state index in [1.54, 1.807) is 18.2 Å². The molecule has 1 rings (SSSR count). The standard InChI is InChI=1S/C12H14O5/c1-16-10-4-8(5-11(7-10)17-2)3-9(13)6-12(14)15/h4-5,7H,3,6H2,1-2H3,(H,14,15). The molecule has 1 aromatic carbocycles. The van der Waals surface area contributed by atoms with E-state index in [0.29, 0.717) is 17.1 Å². The van der Waals surface area contributed by atoms with Crippen LogP contribution < -0.4 is 9.47 Å². The molecule has 0 amide bonds. The predicted octanol–water partition coefficient (Wildman–Crippen LogP) is 1.29. The van der Waals surface area contributed by atoms with Gasteiger partial charge in [0, 0.05) is 12.5 Å². The molecule has 1 N–H and O–H groups in total. The van der Waals surface area contributed by atoms with Gasteiger partial charge in [-0.3, -0.25) is 9.59 Å². The Morgan fingerprint density at radius 3 is 2.06 bits per heavy atom. The number of hydrogen-bond donors (Lipinski definition) is 1. The topological polar surface area (TPSA) is 72.8 Å². The van der Waals surface area contributed by atoms with Crippen molar-refractivity contribution in [1.82, 2.24) is 0 Å². The minimum atomic E-state index is -1.12. The van der Waals surface area contributed by atoms with Gasteiger partial charge in [-0.15, -0.1) is 0 Å². The van der Waals surface area contributed by atoms with E-state index < -0.39 is 12.4 Å². The molecule has 0 aliphatic heterocycles. The smallest absolute Gasteiger partial charge is 0.310 e. The fourth-order valence-electron chi connectivity index (χ4n) is 1.43. The van der Waals surface area contributed by atoms with E-state index >= 15 is 0 Å². The van der Waals surface area contributed by atoms with Gasteiger partial charge in [0.05, 0.1) is 14.2 Å². The lowest BCUT2D eigenvalue weighted by molar-refractivity contribution is -0.140. The number of Topliss-reactive ketones (excluding diaryl/α,β-unsaturated/α-hetero) is 1. The van der Waals surface area contributed by atoms with Gasteiger partial charge >= 0.3 is 5.97 Å². The molecule has 0 aliphatic rings. The number of methoxy groups -OCH3 is 2. The zero-order valence-corrected chi connectivity index (χ0v) is 9.73. The van der Waals surface area contributed by atoms with Crippen LogP contribution in [0.1, 0.15) is 12.0 Å². The third-order valence-corrected chi connectivity index (χ3v) is 2.16. The molecule has 0 fully saturated rings. The number of carboxylic acid groups (broad SMARTS) is 1. The fraction of sp³-hybridized carbons (Fsp3) is 0.333. The van der Waals surface area contributed by atoms with E-state index in [0.717, 1.165) is 0 Å². The van der Waals surface area contributed by atoms with Crippen molar-refractivity contribution in [2.45, 2.75) is 12.8 Å². The van der Waals surface area contributed by atoms with Gasteiger partial charge in [0.2, 0.25) is 0 Å². The van der Waals surface area contributed by atoms with Gasteiger partial charge in [-0.1, -0.05) is 0 Å². The minimum absolute atomic E-state index is 0.0554. The fourth-order valence-corrected chi connectivity index (χ4v) is 1.43. The summed E-state index contributed by atoms with van der Waals surface area (Å²) in [5, 5.41) is 8.49. The van der Waals surface area contributed by atoms with Crippen LogP contribution in [-0.4, -0.2) is 31.1 Å². The summed E-state index contributed by atoms with van der Waals surface area (Å²) in [6.45, 7) is 0. The van der Waals surface area contributed by atoms with Crippen LogP contribution in [0.2, 0.25) is 0 Å². The van der Waals surface area contributed by atoms with Crippen molar-refractivity contribution in [3.8, 4) is 11.5 Å². The highest BCUT2D eigenvalue weighted by Crippen LogP contribution is 2.22. The number of carbonyl (C=O) groups excluding carboxylic acids is 1. The summed E-state index contributed by atoms with van der Waals surface area (Å²) in [5.74, 6) is -0.331. The predicted molar refractivity (Wildman–Crippen MR) is 60.5 cm³/mol. The van der Waals surface area contributed by atoms with Crippen LogP contribution in [0, 0.1) is 0 Å². The van der Waals surface area contributed by atoms with E-state index in [2.05, 4.69) is 0 Å². The van der Waals surface area contributed by atoms with Crippen molar-refractivity contribution in [3.63, 3.8) is 0 Å². The maximum atomic E-state index is 11.4. The molecule has 0 bridgehead atoms. The molecule has 17 heavy (non-hydrogen) atoms. The summed E-state index contributed by atoms with van der Waals surface area (Å²) in [7, 11) is 3.02. The molecule has 0 radical (unpaired) electrons. The molecule has 0 spiro atoms. The van der Waals surface area contributed by atoms with Crippen molar-refractivity contribution in [1.29, 1.82) is 0 Å². The Hall–Kier alpha value is -2.04. The van der Waals surface area contributed by atoms with Crippen LogP contribution in [-0.2, 0) is 16.0 Å². The highest BCUT2D eigenvalue weighted by Gasteiger charge is 2.10. The second-order valence-electron chi connectivity index (χ2n) is 3.51. The normalized spacial score (nSPS) is 9.76. The van der Waals surface area contributed by atoms with E-state index in [1.807, 2.05) is 0 Å². The van der Waals surface area contributed by atoms with Gasteiger partial charge in [-0.25, -0.2) is 0 Å². The summed E-state index contributed by atoms with van der Waals surface area (Å²) in [5.41, 5.74) is 0.674. The highest BCUT2D eigenvalue weighted by molar-refractivity contribution is 5.95. The number of benzene rings is 1. The Bertz CT molecular complexity index is 403. The first kappa shape index (κ1) is 13.0. The summed E-state index contributed by atoms with van der Waals surface area (Å²) < 4.78 is 10.1. The molecule has 0 atom stereocenters. The van der Waals surface area contributed by atoms with Gasteiger partial charge in [0.15, 0.2) is 0 Å². The van der Waals surface area contributed by atoms with Crippen LogP contribution >= 0.6 is 0 Å². The van der Waals surface area contributed by atoms with Crippen LogP contribution in [0.5, 0.6) is 11.5 Å². The second-order valence-corrected chi connectivity index (χ2v) is 3.51. The van der Waals surface area contributed by atoms with E-state index in [1.165, 1.54) is 14.2 Å². The first-order valence-corrected chi connectivity index (χ1v) is 5.00. The number of rotatable bonds is 6. The second kappa shape index (κ2) is 5.89. The zero-order chi connectivity index (χ0) is 12.8. The number of hydrogen-bond acceptors (Lipinski definition) is 4. The van der Waals surface area contributed by atoms with Gasteiger partial charge < -0.3 is 14.6 Å². The maximum absolute atomic E-state index is 11.4. The lowest BCUT2D eigenvalue weighted by atomic mass is 10.1. The highest BCUT2D eigenvalue weighted by atomic mass is 16.5. The van der Waals surface area contributed by atoms with Crippen molar-refractivity contribution in [2.75, 3.05) is 14.2 Å². The average molecular weight is 238 g/mol. The molecule has 0 aromatic heterocycles. The lowest BCUT2D eigenvalue weighted by Crippen LogP contribution is -2.09. The molecule has 0 unspecified atom stereocenters. The third kappa shape index (κ3) is 4.14. The van der Waals surface area contributed by atoms with Crippen LogP contribution in [0.4, 0.5) is 0 Å². The molecule has 0 heterocycles. The largest absolute Gasteiger partial charge is 0.497 e. The van der Waals surface area contributed by atoms with Gasteiger partial charge in [0.25, 0.3) is 0 Å². The quantitative estimate of drug-likeness (QED) is 0.756. The van der Waals surface area contributed by atoms with E-state index in [-0.39, 0.29) is 12.2 Å². The monoisotopic (exact) mass is 238 g/mol. The van der Waals surface area contributed by atoms with Crippen LogP contribution in [0.25, 0.3) is 0 Å². The molecular formula is C12H14O5. The maximum Gasteiger partial charge on any atom is 0.310 e. The van der Waals surface area contributed by atoms with Crippen molar-refractivity contribution < 1.29 is 24.2 Å². The number of ketones is 1. The van der Waals surface area contributed by atoms with Crippen LogP contribution in [0.15, 0.2) is 18.2 Å². The third-order valence-electron chi connectivity index (χ3n) is 2.16. The molecule has 0 saturated carbocycles. The van der Waals surface area contributed by atoms with E-state index in [4.69, 9.17) is 14.6 Å². The summed E-state index contributed by atoms with van der Waals surface area (Å²) in [6, 6.07) is 5.05. The average Bonchev–Trinajstić information content (AvgIpc) is 2.27. The summed E-state index contributed by atoms with van der Waals surface area (Å²) >= 11 is 0. The molecule has 0 saturated heterocycles. The van der Waals surface area contributed by atoms with Crippen molar-refractivity contribution >= 4 is 11.8 Å². The SMILES string of the molecule is COc1cc(CC(=O)CC(=O)O)cc(OC)c1. The molecule has 5 nitrogen and oxygen atoms in total. The Labute approximate surface area is 99.0 Å². The van der Waals surface area contributed by atoms with E-state index in [9.17, 15) is 9.59 Å². The van der Waals surface area contributed by atoms with Crippen molar-refractivity contribution in [2.24, 2.45) is 0 Å². The summed E-state index contributed by atoms with van der Waals surface area (Å²) in [4.78, 5) is 21.7. The Kier molecular flexibility index (Phi) is 4.51. The molecule has 92 valence electrons. The Morgan fingerprint density at radius 1 is 1.12 bits per heavy atom. The first-order valence-electron chi connectivity index (χ1n) is 5.00. The minimum Gasteiger partial charge on any atom is -0.497 e. The molecule has 0 aliphatic carbocycles. The molecule has 1 aromatic rings. The van der Waals surface area contributed by atoms with Crippen LogP contribution in [0.3, 0.4) is 0 Å². The Balaban J connectivity index is 2.82. The van der Waals surface area contributed by atoms with Gasteiger partial charge in [0.1, 0.15) is 23.7 Å². The zero-order valence-electron chi connectivity index (χ0n) is 9.73. The van der Waals surface area contributed by atoms with Gasteiger partial charge in [-0.05, 0) is 17.7 Å². The number of carbonyl (C=O) groups is 2. The number of carboxylic acids is 1. The lowest BCUT2D eigenvalue weighted by Gasteiger charge is -2.07. The number of ether oxygens (including phenoxy) is 2. The Morgan fingerprint density at radius 2 is 1.65 bits per heavy atom.